The summed E-state index contributed by atoms with van der Waals surface area (Å²) in [5.41, 5.74) is 10.2. The van der Waals surface area contributed by atoms with Crippen molar-refractivity contribution in [3.05, 3.63) is 41.2 Å². The van der Waals surface area contributed by atoms with Crippen LogP contribution in [0.2, 0.25) is 0 Å². The van der Waals surface area contributed by atoms with Crippen LogP contribution >= 0.6 is 0 Å². The van der Waals surface area contributed by atoms with Gasteiger partial charge >= 0.3 is 0 Å². The molecule has 0 aliphatic rings. The van der Waals surface area contributed by atoms with Crippen LogP contribution in [0.4, 0.5) is 5.69 Å². The Morgan fingerprint density at radius 1 is 1.12 bits per heavy atom. The van der Waals surface area contributed by atoms with Gasteiger partial charge in [-0.2, -0.15) is 0 Å². The molecule has 1 aromatic carbocycles. The zero-order valence-electron chi connectivity index (χ0n) is 10.0. The Labute approximate surface area is 96.1 Å². The third-order valence-electron chi connectivity index (χ3n) is 2.94. The van der Waals surface area contributed by atoms with Gasteiger partial charge in [-0.3, -0.25) is 0 Å². The lowest BCUT2D eigenvalue weighted by Gasteiger charge is -2.07. The van der Waals surface area contributed by atoms with Gasteiger partial charge in [0.15, 0.2) is 0 Å². The third-order valence-corrected chi connectivity index (χ3v) is 2.94. The Hall–Kier alpha value is -1.70. The van der Waals surface area contributed by atoms with Gasteiger partial charge in [0.25, 0.3) is 0 Å². The van der Waals surface area contributed by atoms with Crippen molar-refractivity contribution >= 4 is 5.69 Å². The van der Waals surface area contributed by atoms with Gasteiger partial charge in [0.05, 0.1) is 0 Å². The quantitative estimate of drug-likeness (QED) is 0.776. The summed E-state index contributed by atoms with van der Waals surface area (Å²) >= 11 is 0. The van der Waals surface area contributed by atoms with Crippen molar-refractivity contribution in [3.63, 3.8) is 0 Å². The highest BCUT2D eigenvalue weighted by molar-refractivity contribution is 5.74. The van der Waals surface area contributed by atoms with Crippen LogP contribution in [-0.4, -0.2) is 0 Å². The topological polar surface area (TPSA) is 39.2 Å². The molecule has 0 fully saturated rings. The van der Waals surface area contributed by atoms with E-state index in [0.717, 1.165) is 29.2 Å². The number of aryl methyl sites for hydroxylation is 3. The number of benzene rings is 1. The van der Waals surface area contributed by atoms with Crippen LogP contribution in [0.3, 0.4) is 0 Å². The molecular weight excluding hydrogens is 198 g/mol. The molecule has 0 aliphatic heterocycles. The van der Waals surface area contributed by atoms with Crippen LogP contribution in [0, 0.1) is 13.8 Å². The first-order valence-electron chi connectivity index (χ1n) is 5.57. The van der Waals surface area contributed by atoms with E-state index in [-0.39, 0.29) is 0 Å². The van der Waals surface area contributed by atoms with E-state index in [2.05, 4.69) is 26.8 Å². The molecule has 0 bridgehead atoms. The van der Waals surface area contributed by atoms with Gasteiger partial charge in [0.2, 0.25) is 0 Å². The molecule has 0 saturated heterocycles. The molecule has 16 heavy (non-hydrogen) atoms. The van der Waals surface area contributed by atoms with Crippen molar-refractivity contribution in [2.45, 2.75) is 27.2 Å². The van der Waals surface area contributed by atoms with E-state index in [1.165, 1.54) is 11.1 Å². The van der Waals surface area contributed by atoms with Gasteiger partial charge in [0, 0.05) is 17.7 Å². The van der Waals surface area contributed by atoms with Crippen molar-refractivity contribution in [2.24, 2.45) is 0 Å². The van der Waals surface area contributed by atoms with Gasteiger partial charge in [-0.1, -0.05) is 6.92 Å². The number of hydrogen-bond donors (Lipinski definition) is 1. The van der Waals surface area contributed by atoms with Crippen molar-refractivity contribution in [1.82, 2.24) is 0 Å². The van der Waals surface area contributed by atoms with E-state index in [1.807, 2.05) is 18.2 Å². The molecule has 2 N–H and O–H groups in total. The third kappa shape index (κ3) is 1.83. The molecule has 0 aliphatic carbocycles. The number of nitrogen functional groups attached to an aromatic ring is 1. The molecule has 2 aromatic rings. The van der Waals surface area contributed by atoms with Crippen LogP contribution in [-0.2, 0) is 6.42 Å². The van der Waals surface area contributed by atoms with Crippen LogP contribution in [0.1, 0.15) is 23.8 Å². The Bertz CT molecular complexity index is 511. The molecule has 2 heteroatoms. The fourth-order valence-corrected chi connectivity index (χ4v) is 1.76. The van der Waals surface area contributed by atoms with E-state index in [0.29, 0.717) is 0 Å². The summed E-state index contributed by atoms with van der Waals surface area (Å²) in [7, 11) is 0. The number of furan rings is 1. The number of rotatable bonds is 2. The summed E-state index contributed by atoms with van der Waals surface area (Å²) in [5.74, 6) is 1.85. The molecule has 1 heterocycles. The summed E-state index contributed by atoms with van der Waals surface area (Å²) in [6, 6.07) is 8.07. The molecule has 0 saturated carbocycles. The average molecular weight is 215 g/mol. The fraction of sp³-hybridized carbons (Fsp3) is 0.286. The second-order valence-corrected chi connectivity index (χ2v) is 4.14. The second-order valence-electron chi connectivity index (χ2n) is 4.14. The van der Waals surface area contributed by atoms with Gasteiger partial charge in [0.1, 0.15) is 11.5 Å². The molecule has 0 unspecified atom stereocenters. The lowest BCUT2D eigenvalue weighted by atomic mass is 10.0. The highest BCUT2D eigenvalue weighted by Gasteiger charge is 2.09. The second kappa shape index (κ2) is 4.05. The zero-order chi connectivity index (χ0) is 11.7. The van der Waals surface area contributed by atoms with E-state index in [1.54, 1.807) is 0 Å². The van der Waals surface area contributed by atoms with Crippen LogP contribution in [0.5, 0.6) is 0 Å². The van der Waals surface area contributed by atoms with Crippen molar-refractivity contribution in [1.29, 1.82) is 0 Å². The molecule has 0 atom stereocenters. The smallest absolute Gasteiger partial charge is 0.136 e. The fourth-order valence-electron chi connectivity index (χ4n) is 1.76. The lowest BCUT2D eigenvalue weighted by molar-refractivity contribution is 0.529. The zero-order valence-corrected chi connectivity index (χ0v) is 10.0. The predicted molar refractivity (Wildman–Crippen MR) is 67.4 cm³/mol. The minimum Gasteiger partial charge on any atom is -0.461 e. The summed E-state index contributed by atoms with van der Waals surface area (Å²) in [5, 5.41) is 0. The highest BCUT2D eigenvalue weighted by atomic mass is 16.3. The minimum absolute atomic E-state index is 0.778. The molecule has 1 aromatic heterocycles. The summed E-state index contributed by atoms with van der Waals surface area (Å²) in [6.45, 7) is 6.23. The maximum absolute atomic E-state index is 6.01. The van der Waals surface area contributed by atoms with Gasteiger partial charge < -0.3 is 10.2 Å². The predicted octanol–water partition coefficient (Wildman–Crippen LogP) is 3.71. The maximum Gasteiger partial charge on any atom is 0.136 e. The van der Waals surface area contributed by atoms with Crippen LogP contribution in [0.25, 0.3) is 11.3 Å². The average Bonchev–Trinajstić information content (AvgIpc) is 2.71. The highest BCUT2D eigenvalue weighted by Crippen LogP contribution is 2.30. The van der Waals surface area contributed by atoms with E-state index in [4.69, 9.17) is 10.2 Å². The van der Waals surface area contributed by atoms with Crippen LogP contribution < -0.4 is 5.73 Å². The molecule has 0 amide bonds. The maximum atomic E-state index is 6.01. The molecule has 0 radical (unpaired) electrons. The van der Waals surface area contributed by atoms with Crippen molar-refractivity contribution in [3.8, 4) is 11.3 Å². The van der Waals surface area contributed by atoms with Crippen molar-refractivity contribution in [2.75, 3.05) is 5.73 Å². The van der Waals surface area contributed by atoms with Gasteiger partial charge in [-0.05, 0) is 49.2 Å². The van der Waals surface area contributed by atoms with Crippen molar-refractivity contribution < 1.29 is 4.42 Å². The van der Waals surface area contributed by atoms with E-state index < -0.39 is 0 Å². The Morgan fingerprint density at radius 3 is 2.44 bits per heavy atom. The minimum atomic E-state index is 0.778. The standard InChI is InChI=1S/C14H17NO/c1-4-11-5-6-14(16-11)12-7-9(2)10(3)8-13(12)15/h5-8H,4,15H2,1-3H3. The normalized spacial score (nSPS) is 10.7. The Morgan fingerprint density at radius 2 is 1.81 bits per heavy atom. The van der Waals surface area contributed by atoms with Gasteiger partial charge in [-0.25, -0.2) is 0 Å². The van der Waals surface area contributed by atoms with Gasteiger partial charge in [-0.15, -0.1) is 0 Å². The molecule has 2 rings (SSSR count). The SMILES string of the molecule is CCc1ccc(-c2cc(C)c(C)cc2N)o1. The molecular formula is C14H17NO. The molecule has 0 spiro atoms. The lowest BCUT2D eigenvalue weighted by Crippen LogP contribution is -1.92. The first kappa shape index (κ1) is 10.8. The summed E-state index contributed by atoms with van der Waals surface area (Å²) < 4.78 is 5.71. The molecule has 2 nitrogen and oxygen atoms in total. The van der Waals surface area contributed by atoms with E-state index >= 15 is 0 Å². The monoisotopic (exact) mass is 215 g/mol. The first-order chi connectivity index (χ1) is 7.61. The van der Waals surface area contributed by atoms with Crippen LogP contribution in [0.15, 0.2) is 28.7 Å². The summed E-state index contributed by atoms with van der Waals surface area (Å²) in [6.07, 6.45) is 0.907. The largest absolute Gasteiger partial charge is 0.461 e. The first-order valence-corrected chi connectivity index (χ1v) is 5.57. The van der Waals surface area contributed by atoms with E-state index in [9.17, 15) is 0 Å². The molecule has 84 valence electrons. The number of anilines is 1. The Balaban J connectivity index is 2.51. The number of hydrogen-bond acceptors (Lipinski definition) is 2. The summed E-state index contributed by atoms with van der Waals surface area (Å²) in [4.78, 5) is 0. The Kier molecular flexibility index (Phi) is 2.73. The number of nitrogens with two attached hydrogens (primary N) is 1.